The van der Waals surface area contributed by atoms with Crippen LogP contribution in [0.25, 0.3) is 0 Å². The molecule has 1 aromatic heterocycles. The first kappa shape index (κ1) is 20.8. The molecule has 0 bridgehead atoms. The molecular weight excluding hydrogens is 366 g/mol. The lowest BCUT2D eigenvalue weighted by atomic mass is 10.0. The van der Waals surface area contributed by atoms with Crippen LogP contribution >= 0.6 is 0 Å². The summed E-state index contributed by atoms with van der Waals surface area (Å²) in [6.07, 6.45) is 2.47. The number of pyridine rings is 1. The highest BCUT2D eigenvalue weighted by molar-refractivity contribution is 6.00. The van der Waals surface area contributed by atoms with Crippen LogP contribution in [0.5, 0.6) is 0 Å². The lowest BCUT2D eigenvalue weighted by molar-refractivity contribution is -0.130. The summed E-state index contributed by atoms with van der Waals surface area (Å²) in [4.78, 5) is 32.4. The second-order valence-electron chi connectivity index (χ2n) is 7.35. The van der Waals surface area contributed by atoms with Gasteiger partial charge in [0, 0.05) is 51.0 Å². The van der Waals surface area contributed by atoms with Gasteiger partial charge in [0.2, 0.25) is 5.91 Å². The largest absolute Gasteiger partial charge is 0.340 e. The van der Waals surface area contributed by atoms with Gasteiger partial charge in [0.15, 0.2) is 0 Å². The number of benzene rings is 1. The topological polar surface area (TPSA) is 77.6 Å². The predicted molar refractivity (Wildman–Crippen MR) is 115 cm³/mol. The minimum absolute atomic E-state index is 0.139. The lowest BCUT2D eigenvalue weighted by Crippen LogP contribution is -2.47. The van der Waals surface area contributed by atoms with Gasteiger partial charge in [-0.25, -0.2) is 4.79 Å². The summed E-state index contributed by atoms with van der Waals surface area (Å²) >= 11 is 0. The maximum Gasteiger partial charge on any atom is 0.323 e. The number of piperazine rings is 1. The molecule has 1 aliphatic heterocycles. The average Bonchev–Trinajstić information content (AvgIpc) is 2.70. The number of aromatic nitrogens is 1. The van der Waals surface area contributed by atoms with Crippen LogP contribution in [0.3, 0.4) is 0 Å². The normalized spacial score (nSPS) is 14.5. The van der Waals surface area contributed by atoms with E-state index in [0.29, 0.717) is 5.69 Å². The second-order valence-corrected chi connectivity index (χ2v) is 7.35. The molecule has 154 valence electrons. The highest BCUT2D eigenvalue weighted by Gasteiger charge is 2.20. The van der Waals surface area contributed by atoms with Crippen molar-refractivity contribution in [3.05, 3.63) is 53.3 Å². The maximum absolute atomic E-state index is 12.4. The number of carbonyl (C=O) groups excluding carboxylic acids is 2. The quantitative estimate of drug-likeness (QED) is 0.815. The minimum atomic E-state index is -0.280. The lowest BCUT2D eigenvalue weighted by Gasteiger charge is -2.34. The smallest absolute Gasteiger partial charge is 0.323 e. The van der Waals surface area contributed by atoms with Crippen molar-refractivity contribution in [2.24, 2.45) is 0 Å². The number of amides is 3. The van der Waals surface area contributed by atoms with E-state index in [-0.39, 0.29) is 11.9 Å². The molecule has 0 unspecified atom stereocenters. The van der Waals surface area contributed by atoms with Crippen molar-refractivity contribution in [3.8, 4) is 0 Å². The SMILES string of the molecule is CCc1c(CN2CCN(C(C)=O)CC2)cccc1NC(=O)Nc1ccc(C)nc1. The number of nitrogens with one attached hydrogen (secondary N) is 2. The average molecular weight is 396 g/mol. The Kier molecular flexibility index (Phi) is 6.82. The Morgan fingerprint density at radius 3 is 2.45 bits per heavy atom. The van der Waals surface area contributed by atoms with Crippen molar-refractivity contribution in [1.82, 2.24) is 14.8 Å². The van der Waals surface area contributed by atoms with Crippen LogP contribution in [-0.2, 0) is 17.8 Å². The number of rotatable bonds is 5. The summed E-state index contributed by atoms with van der Waals surface area (Å²) in [6, 6.07) is 9.44. The van der Waals surface area contributed by atoms with Gasteiger partial charge in [0.05, 0.1) is 11.9 Å². The third-order valence-electron chi connectivity index (χ3n) is 5.26. The Labute approximate surface area is 172 Å². The maximum atomic E-state index is 12.4. The molecule has 1 saturated heterocycles. The molecular formula is C22H29N5O2. The summed E-state index contributed by atoms with van der Waals surface area (Å²) in [5, 5.41) is 5.80. The molecule has 7 nitrogen and oxygen atoms in total. The summed E-state index contributed by atoms with van der Waals surface area (Å²) in [5.74, 6) is 0.139. The molecule has 0 aliphatic carbocycles. The number of urea groups is 1. The molecule has 3 rings (SSSR count). The zero-order valence-corrected chi connectivity index (χ0v) is 17.4. The van der Waals surface area contributed by atoms with E-state index >= 15 is 0 Å². The molecule has 0 spiro atoms. The van der Waals surface area contributed by atoms with Crippen LogP contribution in [0.1, 0.15) is 30.7 Å². The molecule has 2 N–H and O–H groups in total. The van der Waals surface area contributed by atoms with E-state index in [1.54, 1.807) is 13.1 Å². The number of nitrogens with zero attached hydrogens (tertiary/aromatic N) is 3. The third kappa shape index (κ3) is 5.54. The molecule has 1 aromatic carbocycles. The van der Waals surface area contributed by atoms with Crippen molar-refractivity contribution in [2.75, 3.05) is 36.8 Å². The van der Waals surface area contributed by atoms with Crippen LogP contribution in [0.2, 0.25) is 0 Å². The Balaban J connectivity index is 1.65. The van der Waals surface area contributed by atoms with E-state index < -0.39 is 0 Å². The van der Waals surface area contributed by atoms with E-state index in [2.05, 4.69) is 33.5 Å². The molecule has 7 heteroatoms. The second kappa shape index (κ2) is 9.52. The molecule has 0 radical (unpaired) electrons. The summed E-state index contributed by atoms with van der Waals surface area (Å²) < 4.78 is 0. The van der Waals surface area contributed by atoms with Gasteiger partial charge in [-0.1, -0.05) is 19.1 Å². The van der Waals surface area contributed by atoms with Gasteiger partial charge in [-0.3, -0.25) is 14.7 Å². The Morgan fingerprint density at radius 1 is 1.07 bits per heavy atom. The van der Waals surface area contributed by atoms with Crippen LogP contribution in [0.15, 0.2) is 36.5 Å². The van der Waals surface area contributed by atoms with Gasteiger partial charge >= 0.3 is 6.03 Å². The number of hydrogen-bond acceptors (Lipinski definition) is 4. The monoisotopic (exact) mass is 395 g/mol. The fourth-order valence-corrected chi connectivity index (χ4v) is 3.61. The molecule has 1 aliphatic rings. The molecule has 29 heavy (non-hydrogen) atoms. The number of anilines is 2. The first-order valence-electron chi connectivity index (χ1n) is 10.1. The van der Waals surface area contributed by atoms with Crippen LogP contribution in [-0.4, -0.2) is 52.9 Å². The molecule has 0 atom stereocenters. The number of hydrogen-bond donors (Lipinski definition) is 2. The van der Waals surface area contributed by atoms with Crippen LogP contribution in [0, 0.1) is 6.92 Å². The first-order valence-corrected chi connectivity index (χ1v) is 10.1. The van der Waals surface area contributed by atoms with Crippen molar-refractivity contribution in [3.63, 3.8) is 0 Å². The van der Waals surface area contributed by atoms with E-state index in [4.69, 9.17) is 0 Å². The highest BCUT2D eigenvalue weighted by atomic mass is 16.2. The Bertz CT molecular complexity index is 858. The van der Waals surface area contributed by atoms with Gasteiger partial charge in [-0.2, -0.15) is 0 Å². The first-order chi connectivity index (χ1) is 14.0. The van der Waals surface area contributed by atoms with Crippen LogP contribution < -0.4 is 10.6 Å². The van der Waals surface area contributed by atoms with E-state index in [1.165, 1.54) is 5.56 Å². The van der Waals surface area contributed by atoms with E-state index in [9.17, 15) is 9.59 Å². The van der Waals surface area contributed by atoms with Crippen molar-refractivity contribution in [2.45, 2.75) is 33.7 Å². The van der Waals surface area contributed by atoms with Crippen LogP contribution in [0.4, 0.5) is 16.2 Å². The Morgan fingerprint density at radius 2 is 1.83 bits per heavy atom. The summed E-state index contributed by atoms with van der Waals surface area (Å²) in [5.41, 5.74) is 4.73. The van der Waals surface area contributed by atoms with Gasteiger partial charge in [-0.15, -0.1) is 0 Å². The van der Waals surface area contributed by atoms with Crippen molar-refractivity contribution < 1.29 is 9.59 Å². The van der Waals surface area contributed by atoms with Gasteiger partial charge in [-0.05, 0) is 42.7 Å². The molecule has 1 fully saturated rings. The number of carbonyl (C=O) groups is 2. The fraction of sp³-hybridized carbons (Fsp3) is 0.409. The molecule has 3 amide bonds. The number of aryl methyl sites for hydroxylation is 1. The Hall–Kier alpha value is -2.93. The van der Waals surface area contributed by atoms with E-state index in [0.717, 1.165) is 56.1 Å². The highest BCUT2D eigenvalue weighted by Crippen LogP contribution is 2.23. The standard InChI is InChI=1S/C22H29N5O2/c1-4-20-18(15-26-10-12-27(13-11-26)17(3)28)6-5-7-21(20)25-22(29)24-19-9-8-16(2)23-14-19/h5-9,14H,4,10-13,15H2,1-3H3,(H2,24,25,29). The zero-order valence-electron chi connectivity index (χ0n) is 17.4. The van der Waals surface area contributed by atoms with Gasteiger partial charge < -0.3 is 15.5 Å². The van der Waals surface area contributed by atoms with Crippen molar-refractivity contribution >= 4 is 23.3 Å². The van der Waals surface area contributed by atoms with Crippen molar-refractivity contribution in [1.29, 1.82) is 0 Å². The molecule has 0 saturated carbocycles. The summed E-state index contributed by atoms with van der Waals surface area (Å²) in [6.45, 7) is 9.69. The fourth-order valence-electron chi connectivity index (χ4n) is 3.61. The predicted octanol–water partition coefficient (Wildman–Crippen LogP) is 3.26. The third-order valence-corrected chi connectivity index (χ3v) is 5.26. The molecule has 2 aromatic rings. The van der Waals surface area contributed by atoms with Gasteiger partial charge in [0.25, 0.3) is 0 Å². The zero-order chi connectivity index (χ0) is 20.8. The minimum Gasteiger partial charge on any atom is -0.340 e. The summed E-state index contributed by atoms with van der Waals surface area (Å²) in [7, 11) is 0. The van der Waals surface area contributed by atoms with E-state index in [1.807, 2.05) is 36.1 Å². The van der Waals surface area contributed by atoms with Gasteiger partial charge in [0.1, 0.15) is 0 Å². The molecule has 2 heterocycles.